The summed E-state index contributed by atoms with van der Waals surface area (Å²) in [6.07, 6.45) is 8.15. The average Bonchev–Trinajstić information content (AvgIpc) is 2.73. The molecule has 30 heavy (non-hydrogen) atoms. The topological polar surface area (TPSA) is 49.7 Å². The second-order valence-corrected chi connectivity index (χ2v) is 7.74. The Hall–Kier alpha value is -2.69. The average molecular weight is 414 g/mol. The normalized spacial score (nSPS) is 11.5. The van der Waals surface area contributed by atoms with Gasteiger partial charge >= 0.3 is 0 Å². The molecule has 5 nitrogen and oxygen atoms in total. The van der Waals surface area contributed by atoms with Gasteiger partial charge in [-0.1, -0.05) is 30.6 Å². The first-order valence-electron chi connectivity index (χ1n) is 10.6. The van der Waals surface area contributed by atoms with Crippen molar-refractivity contribution in [3.05, 3.63) is 51.9 Å². The van der Waals surface area contributed by atoms with Crippen molar-refractivity contribution in [2.75, 3.05) is 20.8 Å². The number of aromatic nitrogens is 1. The first kappa shape index (κ1) is 23.6. The Labute approximate surface area is 180 Å². The van der Waals surface area contributed by atoms with Crippen LogP contribution >= 0.6 is 0 Å². The van der Waals surface area contributed by atoms with E-state index in [9.17, 15) is 4.79 Å². The van der Waals surface area contributed by atoms with Crippen LogP contribution in [0.3, 0.4) is 0 Å². The van der Waals surface area contributed by atoms with Gasteiger partial charge in [0.2, 0.25) is 5.75 Å². The number of nitrogens with zero attached hydrogens (tertiary/aromatic N) is 1. The van der Waals surface area contributed by atoms with Crippen LogP contribution in [0.25, 0.3) is 10.9 Å². The van der Waals surface area contributed by atoms with E-state index in [1.807, 2.05) is 24.3 Å². The van der Waals surface area contributed by atoms with E-state index in [2.05, 4.69) is 33.8 Å². The Morgan fingerprint density at radius 1 is 1.07 bits per heavy atom. The first-order chi connectivity index (χ1) is 14.4. The third-order valence-corrected chi connectivity index (χ3v) is 5.08. The molecule has 0 aliphatic rings. The van der Waals surface area contributed by atoms with Crippen molar-refractivity contribution >= 4 is 10.9 Å². The molecule has 0 saturated carbocycles. The van der Waals surface area contributed by atoms with Crippen LogP contribution in [0.1, 0.15) is 53.4 Å². The summed E-state index contributed by atoms with van der Waals surface area (Å²) in [6, 6.07) is 5.67. The van der Waals surface area contributed by atoms with Crippen molar-refractivity contribution in [2.45, 2.75) is 59.9 Å². The van der Waals surface area contributed by atoms with Gasteiger partial charge in [0.05, 0.1) is 19.7 Å². The molecular weight excluding hydrogens is 378 g/mol. The fraction of sp³-hybridized carbons (Fsp3) is 0.480. The van der Waals surface area contributed by atoms with Crippen LogP contribution in [0.2, 0.25) is 0 Å². The maximum absolute atomic E-state index is 13.3. The molecule has 0 spiro atoms. The van der Waals surface area contributed by atoms with Crippen molar-refractivity contribution in [1.82, 2.24) is 4.57 Å². The van der Waals surface area contributed by atoms with E-state index in [0.717, 1.165) is 36.6 Å². The molecule has 1 aromatic heterocycles. The van der Waals surface area contributed by atoms with Crippen LogP contribution in [-0.2, 0) is 6.54 Å². The highest BCUT2D eigenvalue weighted by atomic mass is 16.5. The van der Waals surface area contributed by atoms with E-state index >= 15 is 0 Å². The number of methoxy groups -OCH3 is 2. The molecule has 0 atom stereocenters. The number of unbranched alkanes of at least 4 members (excludes halogenated alkanes) is 1. The first-order valence-corrected chi connectivity index (χ1v) is 10.6. The number of ether oxygens (including phenoxy) is 3. The SMILES string of the molecule is CCCCn1c(=O)c(OC/C=C(\C)CCC=C(C)C)c(OC)c2ccc(OC)cc21. The lowest BCUT2D eigenvalue weighted by atomic mass is 10.1. The van der Waals surface area contributed by atoms with Gasteiger partial charge in [-0.25, -0.2) is 0 Å². The largest absolute Gasteiger partial charge is 0.497 e. The summed E-state index contributed by atoms with van der Waals surface area (Å²) in [7, 11) is 3.19. The summed E-state index contributed by atoms with van der Waals surface area (Å²) in [5.41, 5.74) is 3.19. The molecule has 0 aliphatic carbocycles. The molecule has 1 heterocycles. The van der Waals surface area contributed by atoms with Crippen molar-refractivity contribution in [3.8, 4) is 17.2 Å². The summed E-state index contributed by atoms with van der Waals surface area (Å²) in [5, 5.41) is 0.841. The number of benzene rings is 1. The second kappa shape index (κ2) is 11.5. The summed E-state index contributed by atoms with van der Waals surface area (Å²) in [5.74, 6) is 1.44. The van der Waals surface area contributed by atoms with Gasteiger partial charge in [0.1, 0.15) is 12.4 Å². The third-order valence-electron chi connectivity index (χ3n) is 5.08. The Balaban J connectivity index is 2.40. The maximum Gasteiger partial charge on any atom is 0.297 e. The fourth-order valence-corrected chi connectivity index (χ4v) is 3.33. The molecule has 0 bridgehead atoms. The van der Waals surface area contributed by atoms with Crippen molar-refractivity contribution in [2.24, 2.45) is 0 Å². The highest BCUT2D eigenvalue weighted by molar-refractivity contribution is 5.89. The van der Waals surface area contributed by atoms with Crippen LogP contribution in [0.15, 0.2) is 46.3 Å². The van der Waals surface area contributed by atoms with Gasteiger partial charge in [0.15, 0.2) is 5.75 Å². The predicted molar refractivity (Wildman–Crippen MR) is 124 cm³/mol. The number of aryl methyl sites for hydroxylation is 1. The molecule has 2 aromatic rings. The summed E-state index contributed by atoms with van der Waals surface area (Å²) in [4.78, 5) is 13.3. The number of pyridine rings is 1. The van der Waals surface area contributed by atoms with Gasteiger partial charge in [-0.2, -0.15) is 0 Å². The summed E-state index contributed by atoms with van der Waals surface area (Å²) in [6.45, 7) is 9.36. The van der Waals surface area contributed by atoms with Gasteiger partial charge in [-0.15, -0.1) is 0 Å². The zero-order valence-corrected chi connectivity index (χ0v) is 19.2. The third kappa shape index (κ3) is 5.91. The highest BCUT2D eigenvalue weighted by Gasteiger charge is 2.19. The van der Waals surface area contributed by atoms with Crippen molar-refractivity contribution in [1.29, 1.82) is 0 Å². The van der Waals surface area contributed by atoms with Crippen LogP contribution in [-0.4, -0.2) is 25.4 Å². The minimum Gasteiger partial charge on any atom is -0.497 e. The maximum atomic E-state index is 13.3. The number of fused-ring (bicyclic) bond motifs is 1. The van der Waals surface area contributed by atoms with Crippen LogP contribution < -0.4 is 19.8 Å². The lowest BCUT2D eigenvalue weighted by molar-refractivity contribution is 0.320. The van der Waals surface area contributed by atoms with E-state index in [0.29, 0.717) is 24.7 Å². The summed E-state index contributed by atoms with van der Waals surface area (Å²) < 4.78 is 18.7. The minimum absolute atomic E-state index is 0.170. The standard InChI is InChI=1S/C25H35NO4/c1-7-8-15-26-22-17-20(28-5)12-13-21(22)23(29-6)24(25(26)27)30-16-14-19(4)11-9-10-18(2)3/h10,12-14,17H,7-9,11,15-16H2,1-6H3/b19-14+. The zero-order valence-electron chi connectivity index (χ0n) is 19.2. The number of rotatable bonds is 11. The summed E-state index contributed by atoms with van der Waals surface area (Å²) >= 11 is 0. The Bertz CT molecular complexity index is 965. The molecule has 5 heteroatoms. The molecular formula is C25H35NO4. The zero-order chi connectivity index (χ0) is 22.1. The molecule has 0 amide bonds. The number of hydrogen-bond donors (Lipinski definition) is 0. The van der Waals surface area contributed by atoms with Gasteiger partial charge in [0.25, 0.3) is 5.56 Å². The smallest absolute Gasteiger partial charge is 0.297 e. The van der Waals surface area contributed by atoms with Crippen LogP contribution in [0, 0.1) is 0 Å². The Kier molecular flexibility index (Phi) is 9.03. The number of hydrogen-bond acceptors (Lipinski definition) is 4. The quantitative estimate of drug-likeness (QED) is 0.431. The van der Waals surface area contributed by atoms with Crippen LogP contribution in [0.4, 0.5) is 0 Å². The number of allylic oxidation sites excluding steroid dienone is 3. The van der Waals surface area contributed by atoms with Crippen LogP contribution in [0.5, 0.6) is 17.2 Å². The lowest BCUT2D eigenvalue weighted by Crippen LogP contribution is -2.23. The van der Waals surface area contributed by atoms with E-state index in [1.54, 1.807) is 18.8 Å². The van der Waals surface area contributed by atoms with Gasteiger partial charge < -0.3 is 18.8 Å². The molecule has 0 radical (unpaired) electrons. The van der Waals surface area contributed by atoms with Gasteiger partial charge in [0, 0.05) is 18.0 Å². The van der Waals surface area contributed by atoms with Gasteiger partial charge in [-0.3, -0.25) is 4.79 Å². The molecule has 0 N–H and O–H groups in total. The van der Waals surface area contributed by atoms with Gasteiger partial charge in [-0.05, 0) is 58.2 Å². The molecule has 0 aliphatic heterocycles. The molecule has 0 unspecified atom stereocenters. The molecule has 2 rings (SSSR count). The predicted octanol–water partition coefficient (Wildman–Crippen LogP) is 5.89. The highest BCUT2D eigenvalue weighted by Crippen LogP contribution is 2.34. The molecule has 164 valence electrons. The molecule has 0 fully saturated rings. The van der Waals surface area contributed by atoms with E-state index in [4.69, 9.17) is 14.2 Å². The fourth-order valence-electron chi connectivity index (χ4n) is 3.33. The minimum atomic E-state index is -0.170. The Morgan fingerprint density at radius 3 is 2.47 bits per heavy atom. The lowest BCUT2D eigenvalue weighted by Gasteiger charge is -2.17. The molecule has 1 aromatic carbocycles. The van der Waals surface area contributed by atoms with E-state index in [1.165, 1.54) is 11.1 Å². The van der Waals surface area contributed by atoms with E-state index < -0.39 is 0 Å². The second-order valence-electron chi connectivity index (χ2n) is 7.74. The monoisotopic (exact) mass is 413 g/mol. The Morgan fingerprint density at radius 2 is 1.83 bits per heavy atom. The van der Waals surface area contributed by atoms with Crippen molar-refractivity contribution < 1.29 is 14.2 Å². The van der Waals surface area contributed by atoms with E-state index in [-0.39, 0.29) is 11.3 Å². The molecule has 0 saturated heterocycles. The van der Waals surface area contributed by atoms with Crippen molar-refractivity contribution in [3.63, 3.8) is 0 Å².